The van der Waals surface area contributed by atoms with Gasteiger partial charge >= 0.3 is 21.1 Å². The molecule has 0 aliphatic carbocycles. The average Bonchev–Trinajstić information content (AvgIpc) is 1.58. The van der Waals surface area contributed by atoms with Crippen molar-refractivity contribution in [3.05, 3.63) is 11.5 Å². The summed E-state index contributed by atoms with van der Waals surface area (Å²) in [6.07, 6.45) is 0.708. The van der Waals surface area contributed by atoms with Crippen LogP contribution in [0.4, 0.5) is 0 Å². The molecule has 12 heavy (non-hydrogen) atoms. The summed E-state index contributed by atoms with van der Waals surface area (Å²) in [7, 11) is -5.17. The van der Waals surface area contributed by atoms with E-state index in [4.69, 9.17) is 29.0 Å². The predicted molar refractivity (Wildman–Crippen MR) is 38.1 cm³/mol. The van der Waals surface area contributed by atoms with Crippen molar-refractivity contribution in [1.82, 2.24) is 0 Å². The monoisotopic (exact) mass is 377 g/mol. The van der Waals surface area contributed by atoms with Gasteiger partial charge in [-0.15, -0.1) is 6.04 Å². The Morgan fingerprint density at radius 2 is 1.67 bits per heavy atom. The van der Waals surface area contributed by atoms with E-state index in [1.807, 2.05) is 0 Å². The van der Waals surface area contributed by atoms with Gasteiger partial charge in [0.1, 0.15) is 0 Å². The molecule has 1 unspecified atom stereocenters. The minimum Gasteiger partial charge on any atom is -0.759 e. The van der Waals surface area contributed by atoms with Gasteiger partial charge in [-0.2, -0.15) is 6.54 Å². The molecule has 0 amide bonds. The Balaban J connectivity index is -0.000000126. The van der Waals surface area contributed by atoms with E-state index in [-0.39, 0.29) is 27.1 Å². The second-order valence-corrected chi connectivity index (χ2v) is 2.66. The van der Waals surface area contributed by atoms with Gasteiger partial charge in [0.05, 0.1) is 0 Å². The van der Waals surface area contributed by atoms with E-state index < -0.39 is 10.4 Å². The number of hydrogen-bond donors (Lipinski definition) is 0. The summed E-state index contributed by atoms with van der Waals surface area (Å²) in [5, 5.41) is 0. The van der Waals surface area contributed by atoms with Crippen LogP contribution in [0.3, 0.4) is 0 Å². The number of rotatable bonds is 2. The van der Waals surface area contributed by atoms with Gasteiger partial charge in [-0.05, 0) is 0 Å². The Kier molecular flexibility index (Phi) is 14.6. The Hall–Kier alpha value is 0.478. The summed E-state index contributed by atoms with van der Waals surface area (Å²) in [6.45, 7) is 2.19. The average molecular weight is 377 g/mol. The van der Waals surface area contributed by atoms with Gasteiger partial charge < -0.3 is 20.6 Å². The molecule has 1 atom stereocenters. The van der Waals surface area contributed by atoms with Gasteiger partial charge in [0.25, 0.3) is 0 Å². The first-order valence-electron chi connectivity index (χ1n) is 2.79. The van der Waals surface area contributed by atoms with Crippen LogP contribution in [0.5, 0.6) is 0 Å². The molecule has 0 aromatic heterocycles. The van der Waals surface area contributed by atoms with Gasteiger partial charge in [0, 0.05) is 10.4 Å². The quantitative estimate of drug-likeness (QED) is 0.513. The summed E-state index contributed by atoms with van der Waals surface area (Å²) in [4.78, 5) is 0. The van der Waals surface area contributed by atoms with E-state index in [2.05, 4.69) is 0 Å². The number of nitrogens with one attached hydrogen (secondary N) is 2. The molecule has 0 aromatic carbocycles. The predicted octanol–water partition coefficient (Wildman–Crippen LogP) is 0.529. The molecule has 0 aliphatic rings. The number of hydrogen-bond acceptors (Lipinski definition) is 4. The van der Waals surface area contributed by atoms with E-state index in [1.54, 1.807) is 6.92 Å². The SMILES string of the molecule is CC([NH-])CC[NH-].O=S(=O)([O-])[O-].[Pt+4]. The van der Waals surface area contributed by atoms with Crippen LogP contribution >= 0.6 is 0 Å². The van der Waals surface area contributed by atoms with Crippen molar-refractivity contribution in [2.75, 3.05) is 6.54 Å². The fourth-order valence-electron chi connectivity index (χ4n) is 0.217. The molecular weight excluding hydrogens is 367 g/mol. The minimum absolute atomic E-state index is 0. The zero-order chi connectivity index (χ0) is 9.49. The molecular formula is C4H10N2O4PtS. The zero-order valence-corrected chi connectivity index (χ0v) is 9.44. The van der Waals surface area contributed by atoms with E-state index in [1.165, 1.54) is 0 Å². The first-order valence-corrected chi connectivity index (χ1v) is 4.13. The van der Waals surface area contributed by atoms with E-state index >= 15 is 0 Å². The second kappa shape index (κ2) is 9.57. The van der Waals surface area contributed by atoms with E-state index in [9.17, 15) is 0 Å². The maximum Gasteiger partial charge on any atom is 4.00 e. The summed E-state index contributed by atoms with van der Waals surface area (Å²) in [5.41, 5.74) is 13.5. The molecule has 0 radical (unpaired) electrons. The molecule has 0 saturated carbocycles. The maximum absolute atomic E-state index is 8.52. The van der Waals surface area contributed by atoms with E-state index in [0.29, 0.717) is 13.0 Å². The molecule has 6 nitrogen and oxygen atoms in total. The van der Waals surface area contributed by atoms with Crippen molar-refractivity contribution in [3.8, 4) is 0 Å². The summed E-state index contributed by atoms with van der Waals surface area (Å²) in [6, 6.07) is -0.0394. The van der Waals surface area contributed by atoms with Crippen LogP contribution in [-0.2, 0) is 31.5 Å². The summed E-state index contributed by atoms with van der Waals surface area (Å²) >= 11 is 0. The first kappa shape index (κ1) is 18.3. The van der Waals surface area contributed by atoms with Gasteiger partial charge in [0.2, 0.25) is 0 Å². The molecule has 0 spiro atoms. The molecule has 0 bridgehead atoms. The van der Waals surface area contributed by atoms with Crippen LogP contribution in [-0.4, -0.2) is 30.1 Å². The van der Waals surface area contributed by atoms with Crippen molar-refractivity contribution < 1.29 is 38.6 Å². The van der Waals surface area contributed by atoms with Crippen molar-refractivity contribution in [3.63, 3.8) is 0 Å². The molecule has 0 rings (SSSR count). The Morgan fingerprint density at radius 1 is 1.42 bits per heavy atom. The second-order valence-electron chi connectivity index (χ2n) is 1.85. The smallest absolute Gasteiger partial charge is 0.759 e. The fourth-order valence-corrected chi connectivity index (χ4v) is 0.217. The topological polar surface area (TPSA) is 128 Å². The molecule has 8 heteroatoms. The fraction of sp³-hybridized carbons (Fsp3) is 1.00. The standard InChI is InChI=1S/C4H10N2.H2O4S.Pt/c1-4(6)2-3-5;1-5(2,3)4;/h4-6H,2-3H2,1H3;(H2,1,2,3,4);/q-2;;+4/p-2. The van der Waals surface area contributed by atoms with Crippen LogP contribution in [0.15, 0.2) is 0 Å². The van der Waals surface area contributed by atoms with Gasteiger partial charge in [-0.25, -0.2) is 0 Å². The zero-order valence-electron chi connectivity index (χ0n) is 6.35. The third-order valence-corrected chi connectivity index (χ3v) is 0.577. The van der Waals surface area contributed by atoms with Crippen LogP contribution in [0.2, 0.25) is 0 Å². The largest absolute Gasteiger partial charge is 4.00 e. The molecule has 0 fully saturated rings. The Bertz CT molecular complexity index is 162. The molecule has 0 saturated heterocycles. The van der Waals surface area contributed by atoms with Crippen molar-refractivity contribution in [2.45, 2.75) is 19.4 Å². The minimum atomic E-state index is -5.17. The van der Waals surface area contributed by atoms with Crippen molar-refractivity contribution >= 4 is 10.4 Å². The third kappa shape index (κ3) is 77.8. The van der Waals surface area contributed by atoms with E-state index in [0.717, 1.165) is 0 Å². The molecule has 0 aliphatic heterocycles. The van der Waals surface area contributed by atoms with Gasteiger partial charge in [-0.1, -0.05) is 13.3 Å². The van der Waals surface area contributed by atoms with Crippen molar-refractivity contribution in [1.29, 1.82) is 0 Å². The molecule has 76 valence electrons. The molecule has 0 heterocycles. The maximum atomic E-state index is 8.52. The van der Waals surface area contributed by atoms with Crippen LogP contribution in [0, 0.1) is 0 Å². The normalized spacial score (nSPS) is 12.1. The Morgan fingerprint density at radius 3 is 1.67 bits per heavy atom. The first-order chi connectivity index (χ1) is 4.77. The van der Waals surface area contributed by atoms with Crippen molar-refractivity contribution in [2.24, 2.45) is 0 Å². The summed E-state index contributed by atoms with van der Waals surface area (Å²) in [5.74, 6) is 0. The van der Waals surface area contributed by atoms with Gasteiger partial charge in [-0.3, -0.25) is 8.42 Å². The third-order valence-electron chi connectivity index (χ3n) is 0.577. The molecule has 0 aromatic rings. The Labute approximate surface area is 86.5 Å². The summed E-state index contributed by atoms with van der Waals surface area (Å²) < 4.78 is 34.1. The van der Waals surface area contributed by atoms with Gasteiger partial charge in [0.15, 0.2) is 0 Å². The van der Waals surface area contributed by atoms with Crippen LogP contribution in [0.25, 0.3) is 11.5 Å². The van der Waals surface area contributed by atoms with Crippen LogP contribution in [0.1, 0.15) is 13.3 Å². The molecule has 2 N–H and O–H groups in total. The van der Waals surface area contributed by atoms with Crippen LogP contribution < -0.4 is 0 Å².